The molecule has 3 nitrogen and oxygen atoms in total. The number of amides is 1. The van der Waals surface area contributed by atoms with E-state index in [-0.39, 0.29) is 5.91 Å². The molecule has 2 N–H and O–H groups in total. The van der Waals surface area contributed by atoms with Crippen LogP contribution in [0.4, 0.5) is 0 Å². The highest BCUT2D eigenvalue weighted by Gasteiger charge is 2.41. The third kappa shape index (κ3) is 3.68. The Labute approximate surface area is 95.8 Å². The molecule has 0 aromatic carbocycles. The lowest BCUT2D eigenvalue weighted by molar-refractivity contribution is -0.121. The van der Waals surface area contributed by atoms with Gasteiger partial charge in [-0.1, -0.05) is 0 Å². The average Bonchev–Trinajstić information content (AvgIpc) is 3.11. The number of thioether (sulfide) groups is 1. The fourth-order valence-electron chi connectivity index (χ4n) is 1.62. The zero-order valence-corrected chi connectivity index (χ0v) is 10.2. The predicted molar refractivity (Wildman–Crippen MR) is 64.1 cm³/mol. The summed E-state index contributed by atoms with van der Waals surface area (Å²) in [5.41, 5.74) is 0. The molecule has 0 saturated heterocycles. The van der Waals surface area contributed by atoms with Crippen LogP contribution in [0.3, 0.4) is 0 Å². The Morgan fingerprint density at radius 1 is 1.47 bits per heavy atom. The van der Waals surface area contributed by atoms with Gasteiger partial charge in [0.2, 0.25) is 5.91 Å². The average molecular weight is 228 g/mol. The summed E-state index contributed by atoms with van der Waals surface area (Å²) in [6.07, 6.45) is 7.85. The Morgan fingerprint density at radius 2 is 2.20 bits per heavy atom. The van der Waals surface area contributed by atoms with E-state index in [1.165, 1.54) is 25.7 Å². The van der Waals surface area contributed by atoms with E-state index in [0.717, 1.165) is 13.1 Å². The van der Waals surface area contributed by atoms with Gasteiger partial charge >= 0.3 is 0 Å². The van der Waals surface area contributed by atoms with Crippen LogP contribution in [0.15, 0.2) is 0 Å². The van der Waals surface area contributed by atoms with Gasteiger partial charge in [-0.25, -0.2) is 0 Å². The molecule has 2 aliphatic carbocycles. The molecule has 2 fully saturated rings. The van der Waals surface area contributed by atoms with Crippen molar-refractivity contribution in [1.82, 2.24) is 10.6 Å². The van der Waals surface area contributed by atoms with Crippen LogP contribution in [-0.2, 0) is 4.79 Å². The first kappa shape index (κ1) is 11.3. The molecular formula is C11H20N2OS. The molecule has 0 heterocycles. The maximum atomic E-state index is 11.5. The molecule has 2 saturated carbocycles. The van der Waals surface area contributed by atoms with E-state index in [1.54, 1.807) is 0 Å². The Bertz CT molecular complexity index is 237. The van der Waals surface area contributed by atoms with Gasteiger partial charge in [-0.2, -0.15) is 11.8 Å². The van der Waals surface area contributed by atoms with E-state index in [0.29, 0.717) is 17.2 Å². The second kappa shape index (κ2) is 4.74. The summed E-state index contributed by atoms with van der Waals surface area (Å²) in [5, 5.41) is 6.38. The molecule has 0 unspecified atom stereocenters. The zero-order valence-electron chi connectivity index (χ0n) is 9.34. The molecule has 15 heavy (non-hydrogen) atoms. The Hall–Kier alpha value is -0.220. The lowest BCUT2D eigenvalue weighted by Gasteiger charge is -2.13. The third-order valence-corrected chi connectivity index (χ3v) is 4.63. The molecule has 86 valence electrons. The minimum absolute atomic E-state index is 0.198. The number of carbonyl (C=O) groups excluding carboxylic acids is 1. The molecule has 0 atom stereocenters. The number of hydrogen-bond acceptors (Lipinski definition) is 3. The Balaban J connectivity index is 1.52. The summed E-state index contributed by atoms with van der Waals surface area (Å²) in [5.74, 6) is 0.198. The van der Waals surface area contributed by atoms with Crippen LogP contribution in [0.5, 0.6) is 0 Å². The van der Waals surface area contributed by atoms with Crippen LogP contribution in [-0.4, -0.2) is 36.0 Å². The van der Waals surface area contributed by atoms with Crippen molar-refractivity contribution >= 4 is 17.7 Å². The monoisotopic (exact) mass is 228 g/mol. The Kier molecular flexibility index (Phi) is 3.57. The number of rotatable bonds is 7. The van der Waals surface area contributed by atoms with Crippen LogP contribution >= 0.6 is 11.8 Å². The van der Waals surface area contributed by atoms with Crippen molar-refractivity contribution in [3.63, 3.8) is 0 Å². The minimum atomic E-state index is 0.198. The van der Waals surface area contributed by atoms with E-state index in [1.807, 2.05) is 11.8 Å². The zero-order chi connectivity index (χ0) is 10.7. The van der Waals surface area contributed by atoms with E-state index in [4.69, 9.17) is 0 Å². The molecule has 0 bridgehead atoms. The highest BCUT2D eigenvalue weighted by Crippen LogP contribution is 2.46. The first-order chi connectivity index (χ1) is 7.24. The smallest absolute Gasteiger partial charge is 0.221 e. The van der Waals surface area contributed by atoms with Crippen molar-refractivity contribution in [3.05, 3.63) is 0 Å². The second-order valence-electron chi connectivity index (χ2n) is 4.64. The van der Waals surface area contributed by atoms with E-state index in [9.17, 15) is 4.79 Å². The fraction of sp³-hybridized carbons (Fsp3) is 0.909. The van der Waals surface area contributed by atoms with Crippen molar-refractivity contribution in [2.24, 2.45) is 0 Å². The van der Waals surface area contributed by atoms with Crippen molar-refractivity contribution < 1.29 is 4.79 Å². The van der Waals surface area contributed by atoms with Crippen LogP contribution < -0.4 is 10.6 Å². The first-order valence-corrected chi connectivity index (χ1v) is 7.02. The summed E-state index contributed by atoms with van der Waals surface area (Å²) in [6, 6.07) is 0.707. The van der Waals surface area contributed by atoms with Crippen LogP contribution in [0.2, 0.25) is 0 Å². The van der Waals surface area contributed by atoms with E-state index < -0.39 is 0 Å². The fourth-order valence-corrected chi connectivity index (χ4v) is 2.34. The SMILES string of the molecule is CSC1(CNC(=O)CCNC2CC2)CC1. The maximum Gasteiger partial charge on any atom is 0.221 e. The van der Waals surface area contributed by atoms with Crippen molar-refractivity contribution in [3.8, 4) is 0 Å². The third-order valence-electron chi connectivity index (χ3n) is 3.21. The van der Waals surface area contributed by atoms with Crippen LogP contribution in [0.1, 0.15) is 32.1 Å². The van der Waals surface area contributed by atoms with Crippen molar-refractivity contribution in [1.29, 1.82) is 0 Å². The minimum Gasteiger partial charge on any atom is -0.355 e. The lowest BCUT2D eigenvalue weighted by Crippen LogP contribution is -2.33. The summed E-state index contributed by atoms with van der Waals surface area (Å²) in [7, 11) is 0. The van der Waals surface area contributed by atoms with Gasteiger partial charge in [-0.3, -0.25) is 4.79 Å². The highest BCUT2D eigenvalue weighted by molar-refractivity contribution is 8.00. The van der Waals surface area contributed by atoms with Crippen molar-refractivity contribution in [2.75, 3.05) is 19.3 Å². The van der Waals surface area contributed by atoms with Gasteiger partial charge in [0.25, 0.3) is 0 Å². The van der Waals surface area contributed by atoms with Gasteiger partial charge in [-0.15, -0.1) is 0 Å². The highest BCUT2D eigenvalue weighted by atomic mass is 32.2. The molecular weight excluding hydrogens is 208 g/mol. The standard InChI is InChI=1S/C11H20N2OS/c1-15-11(5-6-11)8-13-10(14)4-7-12-9-2-3-9/h9,12H,2-8H2,1H3,(H,13,14). The molecule has 1 amide bonds. The number of carbonyl (C=O) groups is 1. The number of nitrogens with one attached hydrogen (secondary N) is 2. The van der Waals surface area contributed by atoms with Gasteiger partial charge in [-0.05, 0) is 31.9 Å². The summed E-state index contributed by atoms with van der Waals surface area (Å²) >= 11 is 1.89. The maximum absolute atomic E-state index is 11.5. The summed E-state index contributed by atoms with van der Waals surface area (Å²) < 4.78 is 0.388. The van der Waals surface area contributed by atoms with Crippen molar-refractivity contribution in [2.45, 2.75) is 42.9 Å². The predicted octanol–water partition coefficient (Wildman–Crippen LogP) is 1.14. The molecule has 0 radical (unpaired) electrons. The lowest BCUT2D eigenvalue weighted by atomic mass is 10.3. The number of hydrogen-bond donors (Lipinski definition) is 2. The molecule has 2 rings (SSSR count). The largest absolute Gasteiger partial charge is 0.355 e. The van der Waals surface area contributed by atoms with Gasteiger partial charge < -0.3 is 10.6 Å². The first-order valence-electron chi connectivity index (χ1n) is 5.79. The molecule has 2 aliphatic rings. The summed E-state index contributed by atoms with van der Waals surface area (Å²) in [6.45, 7) is 1.69. The normalized spacial score (nSPS) is 22.5. The van der Waals surface area contributed by atoms with Gasteiger partial charge in [0, 0.05) is 30.3 Å². The van der Waals surface area contributed by atoms with E-state index in [2.05, 4.69) is 16.9 Å². The quantitative estimate of drug-likeness (QED) is 0.686. The van der Waals surface area contributed by atoms with E-state index >= 15 is 0 Å². The molecule has 0 spiro atoms. The molecule has 0 aromatic rings. The molecule has 0 aromatic heterocycles. The van der Waals surface area contributed by atoms with Crippen LogP contribution in [0.25, 0.3) is 0 Å². The van der Waals surface area contributed by atoms with Gasteiger partial charge in [0.05, 0.1) is 0 Å². The Morgan fingerprint density at radius 3 is 2.73 bits per heavy atom. The van der Waals surface area contributed by atoms with Gasteiger partial charge in [0.1, 0.15) is 0 Å². The van der Waals surface area contributed by atoms with Gasteiger partial charge in [0.15, 0.2) is 0 Å². The topological polar surface area (TPSA) is 41.1 Å². The molecule has 4 heteroatoms. The molecule has 0 aliphatic heterocycles. The van der Waals surface area contributed by atoms with Crippen LogP contribution in [0, 0.1) is 0 Å². The summed E-state index contributed by atoms with van der Waals surface area (Å²) in [4.78, 5) is 11.5. The second-order valence-corrected chi connectivity index (χ2v) is 5.92.